The van der Waals surface area contributed by atoms with Crippen molar-refractivity contribution < 1.29 is 19.5 Å². The molecule has 7 nitrogen and oxygen atoms in total. The molecule has 0 radical (unpaired) electrons. The summed E-state index contributed by atoms with van der Waals surface area (Å²) in [7, 11) is 1.68. The first-order chi connectivity index (χ1) is 9.38. The number of hydrogen-bond donors (Lipinski definition) is 2. The fourth-order valence-electron chi connectivity index (χ4n) is 2.13. The van der Waals surface area contributed by atoms with Gasteiger partial charge in [0.2, 0.25) is 5.91 Å². The molecule has 1 aliphatic rings. The first-order valence-electron chi connectivity index (χ1n) is 6.14. The third kappa shape index (κ3) is 2.76. The summed E-state index contributed by atoms with van der Waals surface area (Å²) in [5.41, 5.74) is 0.497. The number of amides is 2. The summed E-state index contributed by atoms with van der Waals surface area (Å²) >= 11 is 0. The molecule has 1 fully saturated rings. The number of hydrogen-bond acceptors (Lipinski definition) is 4. The number of aromatic carboxylic acids is 1. The van der Waals surface area contributed by atoms with Gasteiger partial charge in [-0.05, 0) is 19.1 Å². The number of nitrogens with zero attached hydrogens (tertiary/aromatic N) is 2. The molecule has 106 valence electrons. The molecule has 0 spiro atoms. The van der Waals surface area contributed by atoms with Crippen molar-refractivity contribution in [2.75, 3.05) is 13.6 Å². The fourth-order valence-corrected chi connectivity index (χ4v) is 2.13. The van der Waals surface area contributed by atoms with Crippen LogP contribution in [0.1, 0.15) is 33.0 Å². The van der Waals surface area contributed by atoms with Crippen LogP contribution in [0.4, 0.5) is 0 Å². The Hall–Kier alpha value is -2.44. The van der Waals surface area contributed by atoms with Crippen LogP contribution in [0.2, 0.25) is 0 Å². The molecule has 0 aromatic carbocycles. The van der Waals surface area contributed by atoms with E-state index in [0.29, 0.717) is 6.54 Å². The van der Waals surface area contributed by atoms with Gasteiger partial charge < -0.3 is 15.3 Å². The van der Waals surface area contributed by atoms with Crippen LogP contribution in [0, 0.1) is 6.92 Å². The van der Waals surface area contributed by atoms with Gasteiger partial charge in [-0.3, -0.25) is 9.59 Å². The fraction of sp³-hybridized carbons (Fsp3) is 0.385. The van der Waals surface area contributed by atoms with Gasteiger partial charge in [0.1, 0.15) is 5.69 Å². The molecule has 7 heteroatoms. The largest absolute Gasteiger partial charge is 0.478 e. The third-order valence-corrected chi connectivity index (χ3v) is 3.23. The van der Waals surface area contributed by atoms with Crippen LogP contribution in [0.5, 0.6) is 0 Å². The Kier molecular flexibility index (Phi) is 3.69. The second-order valence-electron chi connectivity index (χ2n) is 4.78. The summed E-state index contributed by atoms with van der Waals surface area (Å²) in [5.74, 6) is -1.50. The summed E-state index contributed by atoms with van der Waals surface area (Å²) in [5, 5.41) is 11.6. The Morgan fingerprint density at radius 1 is 1.45 bits per heavy atom. The molecular weight excluding hydrogens is 262 g/mol. The van der Waals surface area contributed by atoms with E-state index in [9.17, 15) is 14.4 Å². The number of carbonyl (C=O) groups excluding carboxylic acids is 2. The minimum absolute atomic E-state index is 0.0133. The van der Waals surface area contributed by atoms with Crippen LogP contribution in [0.25, 0.3) is 0 Å². The highest BCUT2D eigenvalue weighted by Crippen LogP contribution is 2.11. The van der Waals surface area contributed by atoms with E-state index in [4.69, 9.17) is 5.11 Å². The number of pyridine rings is 1. The summed E-state index contributed by atoms with van der Waals surface area (Å²) in [6, 6.07) is 2.49. The van der Waals surface area contributed by atoms with Crippen molar-refractivity contribution in [1.82, 2.24) is 15.2 Å². The number of carbonyl (C=O) groups is 3. The van der Waals surface area contributed by atoms with Gasteiger partial charge in [-0.15, -0.1) is 0 Å². The van der Waals surface area contributed by atoms with Crippen molar-refractivity contribution in [2.45, 2.75) is 19.4 Å². The lowest BCUT2D eigenvalue weighted by molar-refractivity contribution is -0.126. The normalized spacial score (nSPS) is 18.2. The molecule has 20 heavy (non-hydrogen) atoms. The van der Waals surface area contributed by atoms with E-state index in [0.717, 1.165) is 0 Å². The minimum Gasteiger partial charge on any atom is -0.478 e. The lowest BCUT2D eigenvalue weighted by Gasteiger charge is -2.12. The molecule has 2 N–H and O–H groups in total. The molecule has 1 unspecified atom stereocenters. The van der Waals surface area contributed by atoms with Crippen molar-refractivity contribution in [3.05, 3.63) is 29.1 Å². The first kappa shape index (κ1) is 14.0. The topological polar surface area (TPSA) is 99.6 Å². The highest BCUT2D eigenvalue weighted by atomic mass is 16.4. The van der Waals surface area contributed by atoms with Crippen molar-refractivity contribution >= 4 is 17.8 Å². The average molecular weight is 277 g/mol. The Balaban J connectivity index is 2.08. The smallest absolute Gasteiger partial charge is 0.337 e. The Labute approximate surface area is 115 Å². The molecule has 1 atom stereocenters. The van der Waals surface area contributed by atoms with Crippen molar-refractivity contribution in [1.29, 1.82) is 0 Å². The van der Waals surface area contributed by atoms with Gasteiger partial charge in [0.15, 0.2) is 0 Å². The molecule has 2 rings (SSSR count). The molecule has 1 aromatic rings. The SMILES string of the molecule is Cc1nc(C(=O)NC2CC(=O)N(C)C2)ccc1C(=O)O. The highest BCUT2D eigenvalue weighted by molar-refractivity contribution is 5.95. The maximum Gasteiger partial charge on any atom is 0.337 e. The van der Waals surface area contributed by atoms with Gasteiger partial charge in [-0.1, -0.05) is 0 Å². The van der Waals surface area contributed by atoms with Crippen LogP contribution >= 0.6 is 0 Å². The predicted octanol–water partition coefficient (Wildman–Crippen LogP) is 0.0487. The van der Waals surface area contributed by atoms with Crippen molar-refractivity contribution in [3.8, 4) is 0 Å². The van der Waals surface area contributed by atoms with E-state index in [1.54, 1.807) is 11.9 Å². The summed E-state index contributed by atoms with van der Waals surface area (Å²) in [6.07, 6.45) is 0.272. The second-order valence-corrected chi connectivity index (χ2v) is 4.78. The van der Waals surface area contributed by atoms with E-state index in [2.05, 4.69) is 10.3 Å². The molecule has 0 saturated carbocycles. The van der Waals surface area contributed by atoms with Crippen LogP contribution in [0.3, 0.4) is 0 Å². The average Bonchev–Trinajstić information content (AvgIpc) is 2.67. The van der Waals surface area contributed by atoms with Crippen molar-refractivity contribution in [3.63, 3.8) is 0 Å². The highest BCUT2D eigenvalue weighted by Gasteiger charge is 2.28. The molecule has 2 heterocycles. The van der Waals surface area contributed by atoms with Crippen LogP contribution in [-0.2, 0) is 4.79 Å². The second kappa shape index (κ2) is 5.28. The number of carboxylic acid groups (broad SMARTS) is 1. The van der Waals surface area contributed by atoms with Crippen molar-refractivity contribution in [2.24, 2.45) is 0 Å². The quantitative estimate of drug-likeness (QED) is 0.813. The molecule has 1 aromatic heterocycles. The van der Waals surface area contributed by atoms with Gasteiger partial charge >= 0.3 is 5.97 Å². The summed E-state index contributed by atoms with van der Waals surface area (Å²) in [4.78, 5) is 39.8. The van der Waals surface area contributed by atoms with E-state index < -0.39 is 11.9 Å². The zero-order valence-corrected chi connectivity index (χ0v) is 11.2. The molecular formula is C13H15N3O4. The molecule has 2 amide bonds. The van der Waals surface area contributed by atoms with Crippen LogP contribution < -0.4 is 5.32 Å². The monoisotopic (exact) mass is 277 g/mol. The summed E-state index contributed by atoms with van der Waals surface area (Å²) in [6.45, 7) is 2.00. The van der Waals surface area contributed by atoms with E-state index in [1.807, 2.05) is 0 Å². The Morgan fingerprint density at radius 3 is 2.65 bits per heavy atom. The standard InChI is InChI=1S/C13H15N3O4/c1-7-9(13(19)20)3-4-10(14-7)12(18)15-8-5-11(17)16(2)6-8/h3-4,8H,5-6H2,1-2H3,(H,15,18)(H,19,20). The first-order valence-corrected chi connectivity index (χ1v) is 6.14. The van der Waals surface area contributed by atoms with Gasteiger partial charge in [-0.25, -0.2) is 9.78 Å². The van der Waals surface area contributed by atoms with Gasteiger partial charge in [-0.2, -0.15) is 0 Å². The van der Waals surface area contributed by atoms with Crippen LogP contribution in [0.15, 0.2) is 12.1 Å². The summed E-state index contributed by atoms with van der Waals surface area (Å²) < 4.78 is 0. The molecule has 1 saturated heterocycles. The maximum atomic E-state index is 12.0. The lowest BCUT2D eigenvalue weighted by atomic mass is 10.1. The van der Waals surface area contributed by atoms with E-state index in [-0.39, 0.29) is 35.3 Å². The number of rotatable bonds is 3. The maximum absolute atomic E-state index is 12.0. The molecule has 1 aliphatic heterocycles. The van der Waals surface area contributed by atoms with Gasteiger partial charge in [0.25, 0.3) is 5.91 Å². The minimum atomic E-state index is -1.08. The Morgan fingerprint density at radius 2 is 2.15 bits per heavy atom. The zero-order valence-electron chi connectivity index (χ0n) is 11.2. The number of carboxylic acids is 1. The zero-order chi connectivity index (χ0) is 14.9. The molecule has 0 bridgehead atoms. The molecule has 0 aliphatic carbocycles. The Bertz CT molecular complexity index is 585. The van der Waals surface area contributed by atoms with E-state index in [1.165, 1.54) is 19.1 Å². The van der Waals surface area contributed by atoms with E-state index >= 15 is 0 Å². The van der Waals surface area contributed by atoms with Gasteiger partial charge in [0, 0.05) is 20.0 Å². The number of aryl methyl sites for hydroxylation is 1. The number of aromatic nitrogens is 1. The number of nitrogens with one attached hydrogen (secondary N) is 1. The lowest BCUT2D eigenvalue weighted by Crippen LogP contribution is -2.37. The van der Waals surface area contributed by atoms with Gasteiger partial charge in [0.05, 0.1) is 17.3 Å². The predicted molar refractivity (Wildman–Crippen MR) is 69.4 cm³/mol. The van der Waals surface area contributed by atoms with Crippen LogP contribution in [-0.4, -0.2) is 52.4 Å². The third-order valence-electron chi connectivity index (χ3n) is 3.23. The number of likely N-dealkylation sites (tertiary alicyclic amines) is 1. The number of likely N-dealkylation sites (N-methyl/N-ethyl adjacent to an activating group) is 1.